The number of halogens is 4. The van der Waals surface area contributed by atoms with E-state index in [1.54, 1.807) is 0 Å². The van der Waals surface area contributed by atoms with Gasteiger partial charge in [0.25, 0.3) is 0 Å². The van der Waals surface area contributed by atoms with Crippen LogP contribution in [0.4, 0.5) is 17.6 Å². The summed E-state index contributed by atoms with van der Waals surface area (Å²) in [5, 5.41) is 8.97. The van der Waals surface area contributed by atoms with Crippen LogP contribution in [-0.2, 0) is 9.47 Å². The van der Waals surface area contributed by atoms with Crippen LogP contribution in [0.3, 0.4) is 0 Å². The van der Waals surface area contributed by atoms with E-state index < -0.39 is 17.1 Å². The molecule has 0 unspecified atom stereocenters. The number of aliphatic imine (C=N–C) groups is 1. The molecule has 0 amide bonds. The molecule has 1 aliphatic carbocycles. The normalized spacial score (nSPS) is 20.7. The van der Waals surface area contributed by atoms with Gasteiger partial charge in [0.1, 0.15) is 23.0 Å². The lowest BCUT2D eigenvalue weighted by atomic mass is 9.91. The average Bonchev–Trinajstić information content (AvgIpc) is 3.24. The lowest BCUT2D eigenvalue weighted by molar-refractivity contribution is -0.132. The van der Waals surface area contributed by atoms with Crippen LogP contribution >= 0.6 is 11.8 Å². The molecule has 3 aliphatic rings. The van der Waals surface area contributed by atoms with Gasteiger partial charge in [-0.3, -0.25) is 4.99 Å². The molecular weight excluding hydrogens is 400 g/mol. The van der Waals surface area contributed by atoms with Crippen LogP contribution in [-0.4, -0.2) is 30.7 Å². The number of nitriles is 1. The van der Waals surface area contributed by atoms with Gasteiger partial charge in [-0.1, -0.05) is 0 Å². The zero-order chi connectivity index (χ0) is 19.9. The predicted octanol–water partition coefficient (Wildman–Crippen LogP) is 4.42. The Morgan fingerprint density at radius 1 is 1.21 bits per heavy atom. The molecule has 2 aliphatic heterocycles. The third-order valence-corrected chi connectivity index (χ3v) is 5.10. The van der Waals surface area contributed by atoms with E-state index in [0.717, 1.165) is 18.3 Å². The van der Waals surface area contributed by atoms with Crippen molar-refractivity contribution in [2.45, 2.75) is 24.1 Å². The van der Waals surface area contributed by atoms with Gasteiger partial charge in [-0.25, -0.2) is 4.39 Å². The molecule has 0 aromatic heterocycles. The largest absolute Gasteiger partial charge is 0.459 e. The van der Waals surface area contributed by atoms with Crippen molar-refractivity contribution >= 4 is 18.0 Å². The molecule has 0 radical (unpaired) electrons. The fraction of sp³-hybridized carbons (Fsp3) is 0.333. The third-order valence-electron chi connectivity index (χ3n) is 4.34. The van der Waals surface area contributed by atoms with Crippen LogP contribution in [0.5, 0.6) is 5.75 Å². The smallest absolute Gasteiger partial charge is 0.446 e. The maximum Gasteiger partial charge on any atom is 0.446 e. The Labute approximate surface area is 161 Å². The van der Waals surface area contributed by atoms with Crippen molar-refractivity contribution in [3.05, 3.63) is 51.5 Å². The highest BCUT2D eigenvalue weighted by Gasteiger charge is 2.50. The predicted molar refractivity (Wildman–Crippen MR) is 91.8 cm³/mol. The second-order valence-corrected chi connectivity index (χ2v) is 7.26. The van der Waals surface area contributed by atoms with Crippen LogP contribution in [0.15, 0.2) is 45.1 Å². The number of ether oxygens (including phenoxy) is 3. The standard InChI is InChI=1S/C18H12F4N2O3S/c19-11-5-10(8-23)6-12(7-11)27-13-1-2-17(25-3-4-26-17)15-14(9-24-16(13)15)28-18(20,21)22/h5-7,9H,1-4H2. The molecule has 2 heterocycles. The summed E-state index contributed by atoms with van der Waals surface area (Å²) in [7, 11) is 0. The van der Waals surface area contributed by atoms with Gasteiger partial charge >= 0.3 is 5.51 Å². The van der Waals surface area contributed by atoms with Crippen molar-refractivity contribution in [2.24, 2.45) is 4.99 Å². The zero-order valence-electron chi connectivity index (χ0n) is 14.2. The summed E-state index contributed by atoms with van der Waals surface area (Å²) < 4.78 is 69.6. The van der Waals surface area contributed by atoms with Gasteiger partial charge in [-0.15, -0.1) is 0 Å². The van der Waals surface area contributed by atoms with Crippen LogP contribution in [0, 0.1) is 17.1 Å². The molecule has 10 heteroatoms. The lowest BCUT2D eigenvalue weighted by Gasteiger charge is -2.34. The molecule has 0 saturated carbocycles. The van der Waals surface area contributed by atoms with Gasteiger partial charge in [-0.2, -0.15) is 18.4 Å². The summed E-state index contributed by atoms with van der Waals surface area (Å²) in [6, 6.07) is 5.31. The third kappa shape index (κ3) is 3.53. The Morgan fingerprint density at radius 3 is 2.64 bits per heavy atom. The van der Waals surface area contributed by atoms with E-state index >= 15 is 0 Å². The van der Waals surface area contributed by atoms with E-state index in [4.69, 9.17) is 19.5 Å². The number of hydrogen-bond acceptors (Lipinski definition) is 6. The quantitative estimate of drug-likeness (QED) is 0.688. The maximum atomic E-state index is 13.7. The number of alkyl halides is 3. The molecule has 1 spiro atoms. The molecule has 5 nitrogen and oxygen atoms in total. The summed E-state index contributed by atoms with van der Waals surface area (Å²) in [5.74, 6) is -1.63. The number of nitrogens with zero attached hydrogens (tertiary/aromatic N) is 2. The fourth-order valence-electron chi connectivity index (χ4n) is 3.34. The summed E-state index contributed by atoms with van der Waals surface area (Å²) in [6.45, 7) is 0.513. The molecule has 1 aromatic rings. The monoisotopic (exact) mass is 412 g/mol. The molecule has 0 N–H and O–H groups in total. The van der Waals surface area contributed by atoms with E-state index in [0.29, 0.717) is 0 Å². The molecular formula is C18H12F4N2O3S. The van der Waals surface area contributed by atoms with Gasteiger partial charge in [-0.05, 0) is 23.9 Å². The number of rotatable bonds is 3. The van der Waals surface area contributed by atoms with Gasteiger partial charge in [0.15, 0.2) is 5.79 Å². The molecule has 28 heavy (non-hydrogen) atoms. The zero-order valence-corrected chi connectivity index (χ0v) is 15.0. The van der Waals surface area contributed by atoms with Gasteiger partial charge in [0, 0.05) is 30.0 Å². The Morgan fingerprint density at radius 2 is 1.96 bits per heavy atom. The molecule has 4 rings (SSSR count). The maximum absolute atomic E-state index is 13.7. The van der Waals surface area contributed by atoms with E-state index in [-0.39, 0.29) is 71.1 Å². The second-order valence-electron chi connectivity index (χ2n) is 6.16. The van der Waals surface area contributed by atoms with Gasteiger partial charge < -0.3 is 14.2 Å². The van der Waals surface area contributed by atoms with Crippen LogP contribution in [0.2, 0.25) is 0 Å². The number of benzene rings is 1. The van der Waals surface area contributed by atoms with Crippen molar-refractivity contribution in [2.75, 3.05) is 13.2 Å². The Hall–Kier alpha value is -2.35. The summed E-state index contributed by atoms with van der Waals surface area (Å²) >= 11 is -0.295. The minimum absolute atomic E-state index is 0.0642. The first-order valence-electron chi connectivity index (χ1n) is 8.24. The Kier molecular flexibility index (Phi) is 4.69. The number of hydrogen-bond donors (Lipinski definition) is 0. The number of allylic oxidation sites excluding steroid dienone is 2. The molecule has 146 valence electrons. The highest BCUT2D eigenvalue weighted by molar-refractivity contribution is 8.04. The highest BCUT2D eigenvalue weighted by atomic mass is 32.2. The number of fused-ring (bicyclic) bond motifs is 2. The second kappa shape index (κ2) is 6.92. The van der Waals surface area contributed by atoms with Crippen molar-refractivity contribution in [3.63, 3.8) is 0 Å². The van der Waals surface area contributed by atoms with E-state index in [2.05, 4.69) is 4.99 Å². The summed E-state index contributed by atoms with van der Waals surface area (Å²) in [6.07, 6.45) is 1.60. The van der Waals surface area contributed by atoms with Crippen molar-refractivity contribution in [1.82, 2.24) is 0 Å². The molecule has 0 bridgehead atoms. The first kappa shape index (κ1) is 19.0. The van der Waals surface area contributed by atoms with Crippen LogP contribution < -0.4 is 4.74 Å². The Bertz CT molecular complexity index is 957. The van der Waals surface area contributed by atoms with Crippen LogP contribution in [0.1, 0.15) is 18.4 Å². The number of thioether (sulfide) groups is 1. The first-order valence-corrected chi connectivity index (χ1v) is 9.06. The summed E-state index contributed by atoms with van der Waals surface area (Å²) in [5.41, 5.74) is -4.09. The van der Waals surface area contributed by atoms with E-state index in [1.165, 1.54) is 6.07 Å². The average molecular weight is 412 g/mol. The van der Waals surface area contributed by atoms with E-state index in [9.17, 15) is 17.6 Å². The summed E-state index contributed by atoms with van der Waals surface area (Å²) in [4.78, 5) is 3.98. The fourth-order valence-corrected chi connectivity index (χ4v) is 4.05. The van der Waals surface area contributed by atoms with Crippen molar-refractivity contribution in [1.29, 1.82) is 5.26 Å². The molecule has 1 aromatic carbocycles. The highest BCUT2D eigenvalue weighted by Crippen LogP contribution is 2.51. The SMILES string of the molecule is N#Cc1cc(F)cc(OC2=C3N=CC(SC(F)(F)F)=C3C3(CC2)OCCO3)c1. The Balaban J connectivity index is 1.75. The topological polar surface area (TPSA) is 63.8 Å². The molecule has 0 atom stereocenters. The first-order chi connectivity index (χ1) is 13.3. The van der Waals surface area contributed by atoms with Crippen molar-refractivity contribution < 1.29 is 31.8 Å². The lowest BCUT2D eigenvalue weighted by Crippen LogP contribution is -2.37. The molecule has 1 saturated heterocycles. The van der Waals surface area contributed by atoms with Crippen LogP contribution in [0.25, 0.3) is 0 Å². The van der Waals surface area contributed by atoms with Gasteiger partial charge in [0.05, 0.1) is 30.4 Å². The van der Waals surface area contributed by atoms with E-state index in [1.807, 2.05) is 6.07 Å². The van der Waals surface area contributed by atoms with Gasteiger partial charge in [0.2, 0.25) is 0 Å². The van der Waals surface area contributed by atoms with Crippen molar-refractivity contribution in [3.8, 4) is 11.8 Å². The minimum Gasteiger partial charge on any atom is -0.459 e. The molecule has 1 fully saturated rings. The minimum atomic E-state index is -4.51.